The van der Waals surface area contributed by atoms with Crippen molar-refractivity contribution in [2.24, 2.45) is 0 Å². The molecule has 0 N–H and O–H groups in total. The number of benzene rings is 8. The van der Waals surface area contributed by atoms with Crippen molar-refractivity contribution in [3.8, 4) is 0 Å². The summed E-state index contributed by atoms with van der Waals surface area (Å²) >= 11 is 0. The van der Waals surface area contributed by atoms with Crippen LogP contribution in [0, 0.1) is 0 Å². The zero-order valence-electron chi connectivity index (χ0n) is 30.6. The maximum Gasteiger partial charge on any atom is 0.113 e. The van der Waals surface area contributed by atoms with Gasteiger partial charge in [0.2, 0.25) is 0 Å². The molecule has 0 aliphatic heterocycles. The third kappa shape index (κ3) is 4.78. The molecule has 58 heavy (non-hydrogen) atoms. The molecule has 0 fully saturated rings. The van der Waals surface area contributed by atoms with Crippen molar-refractivity contribution >= 4 is 111 Å². The number of nitrogens with zero attached hydrogens (tertiary/aromatic N) is 10. The Morgan fingerprint density at radius 2 is 0.552 bits per heavy atom. The monoisotopic (exact) mass is 744 g/mol. The third-order valence-corrected chi connectivity index (χ3v) is 11.0. The van der Waals surface area contributed by atoms with Crippen LogP contribution in [0.15, 0.2) is 171 Å². The van der Waals surface area contributed by atoms with Gasteiger partial charge in [0.25, 0.3) is 0 Å². The summed E-state index contributed by atoms with van der Waals surface area (Å²) in [4.78, 5) is 42.7. The van der Waals surface area contributed by atoms with Crippen molar-refractivity contribution in [1.29, 1.82) is 0 Å². The Labute approximate surface area is 330 Å². The lowest BCUT2D eigenvalue weighted by Crippen LogP contribution is -2.13. The summed E-state index contributed by atoms with van der Waals surface area (Å²) in [6.45, 7) is 0. The molecule has 0 saturated heterocycles. The maximum atomic E-state index is 4.86. The van der Waals surface area contributed by atoms with Crippen LogP contribution >= 0.6 is 0 Å². The van der Waals surface area contributed by atoms with E-state index in [0.29, 0.717) is 0 Å². The minimum atomic E-state index is 0.783. The zero-order chi connectivity index (χ0) is 38.2. The van der Waals surface area contributed by atoms with Gasteiger partial charge in [-0.05, 0) is 82.2 Å². The molecule has 0 unspecified atom stereocenters. The normalized spacial score (nSPS) is 11.8. The number of fused-ring (bicyclic) bond motifs is 4. The van der Waals surface area contributed by atoms with Crippen LogP contribution in [0.4, 0.5) is 34.1 Å². The minimum absolute atomic E-state index is 0.783. The Kier molecular flexibility index (Phi) is 6.99. The van der Waals surface area contributed by atoms with E-state index in [0.717, 1.165) is 111 Å². The molecule has 0 aliphatic rings. The van der Waals surface area contributed by atoms with E-state index in [-0.39, 0.29) is 0 Å². The van der Waals surface area contributed by atoms with E-state index >= 15 is 0 Å². The van der Waals surface area contributed by atoms with Crippen LogP contribution in [0.5, 0.6) is 0 Å². The first kappa shape index (κ1) is 32.0. The summed E-state index contributed by atoms with van der Waals surface area (Å²) in [6, 6.07) is 42.2. The topological polar surface area (TPSA) is 110 Å². The minimum Gasteiger partial charge on any atom is -0.305 e. The molecule has 0 bridgehead atoms. The van der Waals surface area contributed by atoms with E-state index in [2.05, 4.69) is 103 Å². The fourth-order valence-electron chi connectivity index (χ4n) is 8.57. The molecular weight excluding hydrogens is 717 g/mol. The average Bonchev–Trinajstić information content (AvgIpc) is 3.29. The highest BCUT2D eigenvalue weighted by atomic mass is 15.2. The van der Waals surface area contributed by atoms with Gasteiger partial charge in [-0.1, -0.05) is 60.7 Å². The zero-order valence-corrected chi connectivity index (χ0v) is 30.6. The highest BCUT2D eigenvalue weighted by molar-refractivity contribution is 6.28. The molecule has 0 saturated carbocycles. The summed E-state index contributed by atoms with van der Waals surface area (Å²) < 4.78 is 0. The van der Waals surface area contributed by atoms with Crippen LogP contribution in [0.25, 0.3) is 76.5 Å². The van der Waals surface area contributed by atoms with Crippen molar-refractivity contribution in [1.82, 2.24) is 39.9 Å². The van der Waals surface area contributed by atoms with Gasteiger partial charge in [-0.2, -0.15) is 0 Å². The summed E-state index contributed by atoms with van der Waals surface area (Å²) in [5.41, 5.74) is 11.9. The van der Waals surface area contributed by atoms with Gasteiger partial charge < -0.3 is 9.80 Å². The predicted octanol–water partition coefficient (Wildman–Crippen LogP) is 11.3. The number of para-hydroxylation sites is 4. The second-order valence-electron chi connectivity index (χ2n) is 14.1. The smallest absolute Gasteiger partial charge is 0.113 e. The molecule has 0 aliphatic carbocycles. The van der Waals surface area contributed by atoms with Crippen molar-refractivity contribution in [3.05, 3.63) is 171 Å². The molecular formula is C48H28N10. The molecule has 12 rings (SSSR count). The van der Waals surface area contributed by atoms with Gasteiger partial charge in [-0.3, -0.25) is 39.9 Å². The molecule has 0 spiro atoms. The predicted molar refractivity (Wildman–Crippen MR) is 232 cm³/mol. The van der Waals surface area contributed by atoms with Crippen molar-refractivity contribution in [3.63, 3.8) is 0 Å². The quantitative estimate of drug-likeness (QED) is 0.153. The van der Waals surface area contributed by atoms with E-state index in [4.69, 9.17) is 19.9 Å². The van der Waals surface area contributed by atoms with Gasteiger partial charge in [-0.15, -0.1) is 0 Å². The first-order chi connectivity index (χ1) is 28.8. The van der Waals surface area contributed by atoms with Gasteiger partial charge in [0.05, 0.1) is 56.2 Å². The molecule has 0 atom stereocenters. The highest BCUT2D eigenvalue weighted by Crippen LogP contribution is 2.49. The number of hydrogen-bond acceptors (Lipinski definition) is 10. The van der Waals surface area contributed by atoms with Crippen LogP contribution in [0.1, 0.15) is 0 Å². The average molecular weight is 745 g/mol. The SMILES string of the molecule is c1cc(N(c2ccc3ccc4c(N(c5cccc6nccnc56)c5cccc6nccnc56)ccc5ccc2c3c54)c2cccc3nccnc23)c2nccnc2c1. The van der Waals surface area contributed by atoms with Crippen LogP contribution in [-0.2, 0) is 0 Å². The lowest BCUT2D eigenvalue weighted by molar-refractivity contribution is 1.24. The number of anilines is 6. The van der Waals surface area contributed by atoms with Crippen molar-refractivity contribution in [2.45, 2.75) is 0 Å². The molecule has 8 aromatic carbocycles. The molecule has 270 valence electrons. The van der Waals surface area contributed by atoms with Crippen LogP contribution in [0.2, 0.25) is 0 Å². The van der Waals surface area contributed by atoms with Crippen molar-refractivity contribution in [2.75, 3.05) is 9.80 Å². The molecule has 10 heteroatoms. The molecule has 0 amide bonds. The van der Waals surface area contributed by atoms with Gasteiger partial charge in [0.1, 0.15) is 22.1 Å². The highest BCUT2D eigenvalue weighted by Gasteiger charge is 2.26. The van der Waals surface area contributed by atoms with E-state index in [1.54, 1.807) is 49.6 Å². The third-order valence-electron chi connectivity index (χ3n) is 11.0. The second kappa shape index (κ2) is 12.7. The van der Waals surface area contributed by atoms with Crippen molar-refractivity contribution < 1.29 is 0 Å². The van der Waals surface area contributed by atoms with Crippen LogP contribution in [0.3, 0.4) is 0 Å². The Morgan fingerprint density at radius 3 is 0.879 bits per heavy atom. The van der Waals surface area contributed by atoms with Gasteiger partial charge in [0, 0.05) is 60.3 Å². The Bertz CT molecular complexity index is 3160. The second-order valence-corrected chi connectivity index (χ2v) is 14.1. The standard InChI is InChI=1S/C48H28N10/c1-5-33-45(53-25-21-49-33)39(9-1)57(40-10-2-6-34-46(40)54-26-22-50-34)37-19-15-29-14-18-32-38(20-16-30-13-17-31(37)43(29)44(30)32)58(41-11-3-7-35-47(41)55-27-23-51-35)42-12-4-8-36-48(42)56-28-24-52-36/h1-28H. The molecule has 10 nitrogen and oxygen atoms in total. The fourth-order valence-corrected chi connectivity index (χ4v) is 8.57. The first-order valence-electron chi connectivity index (χ1n) is 18.9. The lowest BCUT2D eigenvalue weighted by Gasteiger charge is -2.30. The lowest BCUT2D eigenvalue weighted by atomic mass is 9.91. The summed E-state index contributed by atoms with van der Waals surface area (Å²) in [5.74, 6) is 0. The summed E-state index contributed by atoms with van der Waals surface area (Å²) in [6.07, 6.45) is 13.9. The van der Waals surface area contributed by atoms with E-state index in [1.165, 1.54) is 0 Å². The largest absolute Gasteiger partial charge is 0.305 e. The number of rotatable bonds is 6. The van der Waals surface area contributed by atoms with E-state index in [1.807, 2.05) is 48.5 Å². The number of hydrogen-bond donors (Lipinski definition) is 0. The maximum absolute atomic E-state index is 4.86. The summed E-state index contributed by atoms with van der Waals surface area (Å²) in [5, 5.41) is 6.70. The molecule has 4 heterocycles. The van der Waals surface area contributed by atoms with E-state index < -0.39 is 0 Å². The van der Waals surface area contributed by atoms with Gasteiger partial charge >= 0.3 is 0 Å². The first-order valence-corrected chi connectivity index (χ1v) is 18.9. The van der Waals surface area contributed by atoms with Gasteiger partial charge in [-0.25, -0.2) is 0 Å². The Hall–Kier alpha value is -8.24. The van der Waals surface area contributed by atoms with E-state index in [9.17, 15) is 0 Å². The number of aromatic nitrogens is 8. The summed E-state index contributed by atoms with van der Waals surface area (Å²) in [7, 11) is 0. The fraction of sp³-hybridized carbons (Fsp3) is 0. The molecule has 4 aromatic heterocycles. The van der Waals surface area contributed by atoms with Crippen LogP contribution < -0.4 is 9.80 Å². The Morgan fingerprint density at radius 1 is 0.259 bits per heavy atom. The molecule has 12 aromatic rings. The van der Waals surface area contributed by atoms with Gasteiger partial charge in [0.15, 0.2) is 0 Å². The Balaban J connectivity index is 1.17. The van der Waals surface area contributed by atoms with Crippen LogP contribution in [-0.4, -0.2) is 39.9 Å². The molecule has 0 radical (unpaired) electrons.